The van der Waals surface area contributed by atoms with Crippen LogP contribution in [0.25, 0.3) is 0 Å². The second-order valence-corrected chi connectivity index (χ2v) is 4.61. The Morgan fingerprint density at radius 3 is 2.72 bits per heavy atom. The molecule has 3 N–H and O–H groups in total. The van der Waals surface area contributed by atoms with Gasteiger partial charge in [-0.3, -0.25) is 9.59 Å². The van der Waals surface area contributed by atoms with Crippen molar-refractivity contribution in [1.82, 2.24) is 16.0 Å². The minimum absolute atomic E-state index is 0.0308. The summed E-state index contributed by atoms with van der Waals surface area (Å²) in [4.78, 5) is 22.9. The van der Waals surface area contributed by atoms with E-state index in [-0.39, 0.29) is 11.8 Å². The van der Waals surface area contributed by atoms with E-state index in [2.05, 4.69) is 16.0 Å². The molecule has 1 heterocycles. The van der Waals surface area contributed by atoms with Gasteiger partial charge < -0.3 is 16.0 Å². The summed E-state index contributed by atoms with van der Waals surface area (Å²) in [6.07, 6.45) is 1.22. The number of carbonyl (C=O) groups excluding carboxylic acids is 2. The van der Waals surface area contributed by atoms with Gasteiger partial charge in [0.25, 0.3) is 5.91 Å². The SMILES string of the molecule is CNCCCNC(=O)CCNC(=O)c1ccsc1. The third-order valence-corrected chi connectivity index (χ3v) is 3.03. The van der Waals surface area contributed by atoms with E-state index in [0.29, 0.717) is 25.1 Å². The molecule has 0 aliphatic carbocycles. The van der Waals surface area contributed by atoms with Crippen LogP contribution in [0.15, 0.2) is 16.8 Å². The van der Waals surface area contributed by atoms with Crippen LogP contribution in [0, 0.1) is 0 Å². The predicted octanol–water partition coefficient (Wildman–Crippen LogP) is 0.594. The van der Waals surface area contributed by atoms with Crippen molar-refractivity contribution in [2.24, 2.45) is 0 Å². The van der Waals surface area contributed by atoms with Crippen molar-refractivity contribution in [1.29, 1.82) is 0 Å². The molecule has 6 heteroatoms. The summed E-state index contributed by atoms with van der Waals surface area (Å²) in [6.45, 7) is 1.92. The molecule has 1 rings (SSSR count). The molecule has 0 bridgehead atoms. The summed E-state index contributed by atoms with van der Waals surface area (Å²) in [5.74, 6) is -0.157. The number of thiophene rings is 1. The first kappa shape index (κ1) is 14.7. The van der Waals surface area contributed by atoms with E-state index in [1.165, 1.54) is 11.3 Å². The Morgan fingerprint density at radius 2 is 2.06 bits per heavy atom. The zero-order valence-electron chi connectivity index (χ0n) is 10.5. The quantitative estimate of drug-likeness (QED) is 0.605. The summed E-state index contributed by atoms with van der Waals surface area (Å²) >= 11 is 1.48. The van der Waals surface area contributed by atoms with Crippen LogP contribution in [-0.2, 0) is 4.79 Å². The van der Waals surface area contributed by atoms with E-state index in [1.807, 2.05) is 12.4 Å². The minimum Gasteiger partial charge on any atom is -0.356 e. The van der Waals surface area contributed by atoms with Gasteiger partial charge in [0.15, 0.2) is 0 Å². The molecule has 18 heavy (non-hydrogen) atoms. The Kier molecular flexibility index (Phi) is 7.05. The summed E-state index contributed by atoms with van der Waals surface area (Å²) in [5.41, 5.74) is 0.648. The first-order valence-corrected chi connectivity index (χ1v) is 6.90. The molecule has 0 aliphatic rings. The van der Waals surface area contributed by atoms with Crippen molar-refractivity contribution in [3.63, 3.8) is 0 Å². The predicted molar refractivity (Wildman–Crippen MR) is 72.8 cm³/mol. The average molecular weight is 269 g/mol. The van der Waals surface area contributed by atoms with Gasteiger partial charge in [0.05, 0.1) is 0 Å². The summed E-state index contributed by atoms with van der Waals surface area (Å²) in [6, 6.07) is 1.76. The lowest BCUT2D eigenvalue weighted by atomic mass is 10.3. The Labute approximate surface area is 111 Å². The Balaban J connectivity index is 2.07. The van der Waals surface area contributed by atoms with Gasteiger partial charge in [0.2, 0.25) is 5.91 Å². The van der Waals surface area contributed by atoms with Gasteiger partial charge in [-0.05, 0) is 31.5 Å². The highest BCUT2D eigenvalue weighted by Gasteiger charge is 2.06. The lowest BCUT2D eigenvalue weighted by Gasteiger charge is -2.06. The Bertz CT molecular complexity index is 365. The van der Waals surface area contributed by atoms with Crippen molar-refractivity contribution in [3.8, 4) is 0 Å². The van der Waals surface area contributed by atoms with Crippen LogP contribution < -0.4 is 16.0 Å². The van der Waals surface area contributed by atoms with Crippen LogP contribution in [0.3, 0.4) is 0 Å². The minimum atomic E-state index is -0.126. The standard InChI is InChI=1S/C12H19N3O2S/c1-13-5-2-6-14-11(16)3-7-15-12(17)10-4-8-18-9-10/h4,8-9,13H,2-3,5-7H2,1H3,(H,14,16)(H,15,17). The fourth-order valence-electron chi connectivity index (χ4n) is 1.37. The van der Waals surface area contributed by atoms with Gasteiger partial charge >= 0.3 is 0 Å². The first-order chi connectivity index (χ1) is 8.74. The Morgan fingerprint density at radius 1 is 1.22 bits per heavy atom. The maximum Gasteiger partial charge on any atom is 0.252 e. The van der Waals surface area contributed by atoms with Crippen LogP contribution in [-0.4, -0.2) is 38.5 Å². The van der Waals surface area contributed by atoms with E-state index in [0.717, 1.165) is 13.0 Å². The van der Waals surface area contributed by atoms with E-state index < -0.39 is 0 Å². The highest BCUT2D eigenvalue weighted by Crippen LogP contribution is 2.04. The van der Waals surface area contributed by atoms with E-state index in [4.69, 9.17) is 0 Å². The molecule has 0 aromatic carbocycles. The number of hydrogen-bond acceptors (Lipinski definition) is 4. The largest absolute Gasteiger partial charge is 0.356 e. The highest BCUT2D eigenvalue weighted by atomic mass is 32.1. The van der Waals surface area contributed by atoms with Crippen molar-refractivity contribution >= 4 is 23.2 Å². The lowest BCUT2D eigenvalue weighted by molar-refractivity contribution is -0.120. The highest BCUT2D eigenvalue weighted by molar-refractivity contribution is 7.08. The van der Waals surface area contributed by atoms with Gasteiger partial charge in [0, 0.05) is 30.5 Å². The number of carbonyl (C=O) groups is 2. The Hall–Kier alpha value is -1.40. The molecule has 0 aliphatic heterocycles. The first-order valence-electron chi connectivity index (χ1n) is 5.95. The smallest absolute Gasteiger partial charge is 0.252 e. The summed E-state index contributed by atoms with van der Waals surface area (Å²) < 4.78 is 0. The third-order valence-electron chi connectivity index (χ3n) is 2.35. The third kappa shape index (κ3) is 5.79. The van der Waals surface area contributed by atoms with Crippen molar-refractivity contribution < 1.29 is 9.59 Å². The second kappa shape index (κ2) is 8.66. The van der Waals surface area contributed by atoms with Crippen LogP contribution in [0.1, 0.15) is 23.2 Å². The van der Waals surface area contributed by atoms with Crippen LogP contribution in [0.2, 0.25) is 0 Å². The van der Waals surface area contributed by atoms with Crippen molar-refractivity contribution in [2.75, 3.05) is 26.7 Å². The maximum atomic E-state index is 11.5. The molecule has 2 amide bonds. The normalized spacial score (nSPS) is 10.1. The topological polar surface area (TPSA) is 70.2 Å². The molecule has 0 spiro atoms. The molecule has 0 fully saturated rings. The lowest BCUT2D eigenvalue weighted by Crippen LogP contribution is -2.31. The van der Waals surface area contributed by atoms with Gasteiger partial charge in [-0.2, -0.15) is 11.3 Å². The zero-order valence-corrected chi connectivity index (χ0v) is 11.3. The molecule has 5 nitrogen and oxygen atoms in total. The van der Waals surface area contributed by atoms with Crippen molar-refractivity contribution in [2.45, 2.75) is 12.8 Å². The molecular weight excluding hydrogens is 250 g/mol. The molecule has 0 radical (unpaired) electrons. The summed E-state index contributed by atoms with van der Waals surface area (Å²) in [7, 11) is 1.88. The molecule has 0 unspecified atom stereocenters. The number of hydrogen-bond donors (Lipinski definition) is 3. The van der Waals surface area contributed by atoms with E-state index in [9.17, 15) is 9.59 Å². The molecular formula is C12H19N3O2S. The number of nitrogens with one attached hydrogen (secondary N) is 3. The fourth-order valence-corrected chi connectivity index (χ4v) is 2.00. The van der Waals surface area contributed by atoms with Crippen LogP contribution in [0.5, 0.6) is 0 Å². The molecule has 0 atom stereocenters. The number of amides is 2. The average Bonchev–Trinajstić information content (AvgIpc) is 2.88. The van der Waals surface area contributed by atoms with E-state index in [1.54, 1.807) is 11.4 Å². The van der Waals surface area contributed by atoms with Crippen LogP contribution in [0.4, 0.5) is 0 Å². The second-order valence-electron chi connectivity index (χ2n) is 3.82. The van der Waals surface area contributed by atoms with Gasteiger partial charge in [0.1, 0.15) is 0 Å². The molecule has 1 aromatic heterocycles. The molecule has 0 saturated carbocycles. The summed E-state index contributed by atoms with van der Waals surface area (Å²) in [5, 5.41) is 12.2. The van der Waals surface area contributed by atoms with E-state index >= 15 is 0 Å². The fraction of sp³-hybridized carbons (Fsp3) is 0.500. The number of rotatable bonds is 8. The van der Waals surface area contributed by atoms with Gasteiger partial charge in [-0.1, -0.05) is 0 Å². The van der Waals surface area contributed by atoms with Crippen molar-refractivity contribution in [3.05, 3.63) is 22.4 Å². The molecule has 1 aromatic rings. The van der Waals surface area contributed by atoms with Crippen LogP contribution >= 0.6 is 11.3 Å². The maximum absolute atomic E-state index is 11.5. The molecule has 100 valence electrons. The van der Waals surface area contributed by atoms with Gasteiger partial charge in [-0.25, -0.2) is 0 Å². The monoisotopic (exact) mass is 269 g/mol. The molecule has 0 saturated heterocycles. The van der Waals surface area contributed by atoms with Gasteiger partial charge in [-0.15, -0.1) is 0 Å². The zero-order chi connectivity index (χ0) is 13.2.